The molecule has 0 aliphatic carbocycles. The van der Waals surface area contributed by atoms with Gasteiger partial charge in [0.1, 0.15) is 0 Å². The van der Waals surface area contributed by atoms with Crippen LogP contribution in [0.1, 0.15) is 5.82 Å². The van der Waals surface area contributed by atoms with Crippen molar-refractivity contribution in [3.63, 3.8) is 0 Å². The van der Waals surface area contributed by atoms with Crippen LogP contribution in [0.15, 0.2) is 0 Å². The van der Waals surface area contributed by atoms with Crippen molar-refractivity contribution in [2.45, 2.75) is 6.61 Å². The SMILES string of the molecule is C(Oc1nn[nH]n1)c1nn[nH]n1. The summed E-state index contributed by atoms with van der Waals surface area (Å²) in [5.74, 6) is 0.430. The first-order valence-electron chi connectivity index (χ1n) is 3.04. The van der Waals surface area contributed by atoms with E-state index in [4.69, 9.17) is 4.74 Å². The Morgan fingerprint density at radius 3 is 2.58 bits per heavy atom. The van der Waals surface area contributed by atoms with Crippen LogP contribution < -0.4 is 4.74 Å². The number of H-pyrrole nitrogens is 2. The second-order valence-electron chi connectivity index (χ2n) is 1.81. The monoisotopic (exact) mass is 168 g/mol. The van der Waals surface area contributed by atoms with E-state index in [1.165, 1.54) is 0 Å². The van der Waals surface area contributed by atoms with Crippen molar-refractivity contribution in [1.29, 1.82) is 0 Å². The van der Waals surface area contributed by atoms with Gasteiger partial charge in [-0.15, -0.1) is 10.2 Å². The smallest absolute Gasteiger partial charge is 0.356 e. The quantitative estimate of drug-likeness (QED) is 0.560. The van der Waals surface area contributed by atoms with Crippen molar-refractivity contribution < 1.29 is 4.74 Å². The Kier molecular flexibility index (Phi) is 1.60. The van der Waals surface area contributed by atoms with Crippen LogP contribution in [0.2, 0.25) is 0 Å². The molecule has 2 rings (SSSR count). The van der Waals surface area contributed by atoms with Gasteiger partial charge in [-0.2, -0.15) is 10.4 Å². The Labute approximate surface area is 65.5 Å². The summed E-state index contributed by atoms with van der Waals surface area (Å²) >= 11 is 0. The fourth-order valence-electron chi connectivity index (χ4n) is 0.587. The standard InChI is InChI=1S/C3H4N8O/c1(2-4-8-9-5-2)12-3-6-10-11-7-3/h1H2,(H,4,5,8,9)(H,6,7,10,11). The van der Waals surface area contributed by atoms with E-state index in [0.29, 0.717) is 5.82 Å². The summed E-state index contributed by atoms with van der Waals surface area (Å²) in [4.78, 5) is 0. The lowest BCUT2D eigenvalue weighted by Crippen LogP contribution is -1.98. The van der Waals surface area contributed by atoms with Gasteiger partial charge in [0.25, 0.3) is 0 Å². The van der Waals surface area contributed by atoms with Crippen LogP contribution >= 0.6 is 0 Å². The second-order valence-corrected chi connectivity index (χ2v) is 1.81. The molecule has 0 spiro atoms. The fraction of sp³-hybridized carbons (Fsp3) is 0.333. The molecule has 0 atom stereocenters. The van der Waals surface area contributed by atoms with Gasteiger partial charge in [-0.05, 0) is 5.21 Å². The second kappa shape index (κ2) is 2.90. The zero-order valence-electron chi connectivity index (χ0n) is 5.80. The lowest BCUT2D eigenvalue weighted by Gasteiger charge is -1.92. The van der Waals surface area contributed by atoms with Crippen molar-refractivity contribution in [3.05, 3.63) is 5.82 Å². The molecule has 2 aromatic heterocycles. The fourth-order valence-corrected chi connectivity index (χ4v) is 0.587. The predicted octanol–water partition coefficient (Wildman–Crippen LogP) is -1.71. The molecule has 12 heavy (non-hydrogen) atoms. The summed E-state index contributed by atoms with van der Waals surface area (Å²) in [6.07, 6.45) is 0. The average molecular weight is 168 g/mol. The topological polar surface area (TPSA) is 118 Å². The van der Waals surface area contributed by atoms with Gasteiger partial charge in [-0.3, -0.25) is 0 Å². The van der Waals surface area contributed by atoms with Crippen molar-refractivity contribution >= 4 is 0 Å². The van der Waals surface area contributed by atoms with Crippen LogP contribution in [0.5, 0.6) is 6.01 Å². The van der Waals surface area contributed by atoms with Gasteiger partial charge in [-0.1, -0.05) is 15.4 Å². The third-order valence-corrected chi connectivity index (χ3v) is 1.05. The summed E-state index contributed by atoms with van der Waals surface area (Å²) in [5.41, 5.74) is 0. The lowest BCUT2D eigenvalue weighted by atomic mass is 10.7. The largest absolute Gasteiger partial charge is 0.453 e. The van der Waals surface area contributed by atoms with E-state index < -0.39 is 0 Å². The first-order chi connectivity index (χ1) is 5.95. The Morgan fingerprint density at radius 1 is 1.08 bits per heavy atom. The molecule has 0 saturated heterocycles. The number of hydrogen-bond donors (Lipinski definition) is 2. The van der Waals surface area contributed by atoms with Gasteiger partial charge in [0.2, 0.25) is 5.82 Å². The van der Waals surface area contributed by atoms with Crippen LogP contribution in [0.4, 0.5) is 0 Å². The molecule has 0 saturated carbocycles. The number of tetrazole rings is 2. The minimum absolute atomic E-state index is 0.153. The highest BCUT2D eigenvalue weighted by molar-refractivity contribution is 4.83. The molecule has 9 nitrogen and oxygen atoms in total. The highest BCUT2D eigenvalue weighted by Gasteiger charge is 2.01. The van der Waals surface area contributed by atoms with E-state index >= 15 is 0 Å². The van der Waals surface area contributed by atoms with E-state index in [1.54, 1.807) is 0 Å². The minimum Gasteiger partial charge on any atom is -0.453 e. The molecule has 0 radical (unpaired) electrons. The van der Waals surface area contributed by atoms with Gasteiger partial charge < -0.3 is 4.74 Å². The molecule has 0 fully saturated rings. The van der Waals surface area contributed by atoms with Crippen LogP contribution in [0.25, 0.3) is 0 Å². The van der Waals surface area contributed by atoms with Crippen LogP contribution in [-0.4, -0.2) is 41.2 Å². The van der Waals surface area contributed by atoms with E-state index in [0.717, 1.165) is 0 Å². The number of nitrogens with zero attached hydrogens (tertiary/aromatic N) is 6. The van der Waals surface area contributed by atoms with Gasteiger partial charge in [0.15, 0.2) is 6.61 Å². The number of aromatic amines is 2. The van der Waals surface area contributed by atoms with E-state index in [9.17, 15) is 0 Å². The number of hydrogen-bond acceptors (Lipinski definition) is 7. The Balaban J connectivity index is 1.91. The number of rotatable bonds is 3. The summed E-state index contributed by atoms with van der Waals surface area (Å²) in [5, 5.41) is 25.6. The molecule has 2 aromatic rings. The number of ether oxygens (including phenoxy) is 1. The van der Waals surface area contributed by atoms with Gasteiger partial charge in [-0.25, -0.2) is 0 Å². The number of nitrogens with one attached hydrogen (secondary N) is 2. The maximum Gasteiger partial charge on any atom is 0.356 e. The molecule has 2 heterocycles. The van der Waals surface area contributed by atoms with Gasteiger partial charge >= 0.3 is 6.01 Å². The third-order valence-electron chi connectivity index (χ3n) is 1.05. The molecule has 0 aliphatic heterocycles. The molecule has 2 N–H and O–H groups in total. The van der Waals surface area contributed by atoms with E-state index in [2.05, 4.69) is 41.2 Å². The summed E-state index contributed by atoms with van der Waals surface area (Å²) in [6, 6.07) is 0.153. The highest BCUT2D eigenvalue weighted by atomic mass is 16.5. The van der Waals surface area contributed by atoms with Gasteiger partial charge in [0.05, 0.1) is 0 Å². The van der Waals surface area contributed by atoms with Crippen molar-refractivity contribution in [2.75, 3.05) is 0 Å². The highest BCUT2D eigenvalue weighted by Crippen LogP contribution is 1.96. The van der Waals surface area contributed by atoms with Crippen LogP contribution in [0, 0.1) is 0 Å². The Hall–Kier alpha value is -2.06. The predicted molar refractivity (Wildman–Crippen MR) is 32.7 cm³/mol. The molecular formula is C3H4N8O. The zero-order chi connectivity index (χ0) is 8.23. The summed E-state index contributed by atoms with van der Waals surface area (Å²) in [6.45, 7) is 0.163. The number of aromatic nitrogens is 8. The third kappa shape index (κ3) is 1.33. The molecule has 0 amide bonds. The normalized spacial score (nSPS) is 10.0. The van der Waals surface area contributed by atoms with Crippen LogP contribution in [-0.2, 0) is 6.61 Å². The Morgan fingerprint density at radius 2 is 1.92 bits per heavy atom. The maximum atomic E-state index is 4.99. The first-order valence-corrected chi connectivity index (χ1v) is 3.04. The first kappa shape index (κ1) is 6.64. The van der Waals surface area contributed by atoms with E-state index in [1.807, 2.05) is 0 Å². The molecule has 0 unspecified atom stereocenters. The molecule has 0 aliphatic rings. The lowest BCUT2D eigenvalue weighted by molar-refractivity contribution is 0.272. The molecular weight excluding hydrogens is 164 g/mol. The molecule has 62 valence electrons. The summed E-state index contributed by atoms with van der Waals surface area (Å²) < 4.78 is 4.99. The van der Waals surface area contributed by atoms with Gasteiger partial charge in [0, 0.05) is 0 Å². The van der Waals surface area contributed by atoms with Crippen molar-refractivity contribution in [3.8, 4) is 6.01 Å². The molecule has 0 bridgehead atoms. The van der Waals surface area contributed by atoms with Crippen LogP contribution in [0.3, 0.4) is 0 Å². The maximum absolute atomic E-state index is 4.99. The Bertz CT molecular complexity index is 278. The zero-order valence-corrected chi connectivity index (χ0v) is 5.80. The molecule has 9 heteroatoms. The molecule has 0 aromatic carbocycles. The van der Waals surface area contributed by atoms with Crippen molar-refractivity contribution in [1.82, 2.24) is 41.2 Å². The average Bonchev–Trinajstić information content (AvgIpc) is 2.74. The summed E-state index contributed by atoms with van der Waals surface area (Å²) in [7, 11) is 0. The van der Waals surface area contributed by atoms with Crippen molar-refractivity contribution in [2.24, 2.45) is 0 Å². The minimum atomic E-state index is 0.153. The van der Waals surface area contributed by atoms with E-state index in [-0.39, 0.29) is 12.6 Å².